The van der Waals surface area contributed by atoms with Crippen molar-refractivity contribution in [2.75, 3.05) is 14.7 Å². The summed E-state index contributed by atoms with van der Waals surface area (Å²) in [5.41, 5.74) is 25.0. The van der Waals surface area contributed by atoms with Gasteiger partial charge in [-0.1, -0.05) is 228 Å². The summed E-state index contributed by atoms with van der Waals surface area (Å²) in [6.45, 7) is 26.9. The minimum absolute atomic E-state index is 0.00459. The Morgan fingerprint density at radius 1 is 0.397 bits per heavy atom. The first-order valence-electron chi connectivity index (χ1n) is 29.6. The van der Waals surface area contributed by atoms with Crippen molar-refractivity contribution in [3.05, 3.63) is 215 Å². The fourth-order valence-electron chi connectivity index (χ4n) is 16.8. The van der Waals surface area contributed by atoms with Crippen LogP contribution in [0.5, 0.6) is 0 Å². The smallest absolute Gasteiger partial charge is 0.252 e. The Balaban J connectivity index is 1.16. The topological polar surface area (TPSA) is 9.72 Å². The summed E-state index contributed by atoms with van der Waals surface area (Å²) in [7, 11) is 0. The minimum Gasteiger partial charge on any atom is -0.335 e. The van der Waals surface area contributed by atoms with Crippen molar-refractivity contribution in [3.63, 3.8) is 0 Å². The van der Waals surface area contributed by atoms with Gasteiger partial charge in [0.25, 0.3) is 6.71 Å². The Labute approximate surface area is 466 Å². The van der Waals surface area contributed by atoms with Crippen molar-refractivity contribution in [1.82, 2.24) is 0 Å². The van der Waals surface area contributed by atoms with Gasteiger partial charge in [-0.05, 0) is 153 Å². The number of rotatable bonds is 5. The molecule has 2 saturated carbocycles. The predicted octanol–water partition coefficient (Wildman–Crippen LogP) is 17.4. The molecule has 0 bridgehead atoms. The lowest BCUT2D eigenvalue weighted by Crippen LogP contribution is -2.65. The average molecular weight is 1020 g/mol. The van der Waals surface area contributed by atoms with Crippen LogP contribution in [0.1, 0.15) is 166 Å². The van der Waals surface area contributed by atoms with E-state index < -0.39 is 0 Å². The fourth-order valence-corrected chi connectivity index (χ4v) is 16.8. The second-order valence-electron chi connectivity index (χ2n) is 27.9. The van der Waals surface area contributed by atoms with Crippen molar-refractivity contribution in [2.24, 2.45) is 0 Å². The third-order valence-electron chi connectivity index (χ3n) is 20.7. The minimum atomic E-state index is -0.259. The number of fused-ring (bicyclic) bond motifs is 10. The van der Waals surface area contributed by atoms with Crippen LogP contribution < -0.4 is 31.1 Å². The molecule has 2 fully saturated rings. The number of para-hydroxylation sites is 1. The lowest BCUT2D eigenvalue weighted by Gasteiger charge is -2.55. The van der Waals surface area contributed by atoms with Crippen molar-refractivity contribution in [1.29, 1.82) is 0 Å². The molecule has 0 aromatic heterocycles. The molecule has 8 aromatic rings. The van der Waals surface area contributed by atoms with Crippen LogP contribution in [-0.2, 0) is 27.1 Å². The molecule has 0 saturated heterocycles. The highest BCUT2D eigenvalue weighted by Gasteiger charge is 2.66. The summed E-state index contributed by atoms with van der Waals surface area (Å²) in [5.74, 6) is 0. The van der Waals surface area contributed by atoms with E-state index in [-0.39, 0.29) is 44.9 Å². The summed E-state index contributed by atoms with van der Waals surface area (Å²) in [6.07, 6.45) is 9.25. The highest BCUT2D eigenvalue weighted by atomic mass is 15.3. The molecule has 14 rings (SSSR count). The molecule has 4 heteroatoms. The Morgan fingerprint density at radius 3 is 1.51 bits per heavy atom. The molecular weight excluding hydrogens is 942 g/mol. The van der Waals surface area contributed by atoms with Gasteiger partial charge < -0.3 is 14.7 Å². The highest BCUT2D eigenvalue weighted by Crippen LogP contribution is 2.67. The average Bonchev–Trinajstić information content (AvgIpc) is 3.65. The van der Waals surface area contributed by atoms with Crippen LogP contribution in [0.2, 0.25) is 0 Å². The SMILES string of the molecule is CC(C)(C)c1ccc2c(c1)B1c3cc(C(C)(C)C)cc4c3N(c3cc(N5c6ccccc6C6(c7ccccc7)CCCCC56C)cc(c31)N2c1ccc(C(C)(C)C)cc1-c1ccccc1)C1(C)CCCCC41c1ccccc1. The zero-order chi connectivity index (χ0) is 53.9. The predicted molar refractivity (Wildman–Crippen MR) is 333 cm³/mol. The van der Waals surface area contributed by atoms with Gasteiger partial charge in [-0.25, -0.2) is 0 Å². The number of nitrogens with zero attached hydrogens (tertiary/aromatic N) is 3. The second kappa shape index (κ2) is 16.9. The molecule has 0 N–H and O–H groups in total. The molecular formula is C74H78BN3. The van der Waals surface area contributed by atoms with Gasteiger partial charge in [0.15, 0.2) is 0 Å². The molecule has 4 heterocycles. The van der Waals surface area contributed by atoms with Crippen LogP contribution in [0.4, 0.5) is 39.8 Å². The third kappa shape index (κ3) is 6.64. The van der Waals surface area contributed by atoms with Gasteiger partial charge in [-0.3, -0.25) is 0 Å². The van der Waals surface area contributed by atoms with E-state index in [4.69, 9.17) is 0 Å². The zero-order valence-corrected chi connectivity index (χ0v) is 48.3. The van der Waals surface area contributed by atoms with Crippen LogP contribution in [0.25, 0.3) is 11.1 Å². The van der Waals surface area contributed by atoms with E-state index in [0.717, 1.165) is 25.7 Å². The lowest BCUT2D eigenvalue weighted by molar-refractivity contribution is 0.214. The third-order valence-corrected chi connectivity index (χ3v) is 20.7. The number of anilines is 7. The summed E-state index contributed by atoms with van der Waals surface area (Å²) in [6, 6.07) is 70.0. The van der Waals surface area contributed by atoms with Crippen LogP contribution in [0.15, 0.2) is 176 Å². The lowest BCUT2D eigenvalue weighted by atomic mass is 9.33. The van der Waals surface area contributed by atoms with E-state index in [1.54, 1.807) is 0 Å². The van der Waals surface area contributed by atoms with Crippen molar-refractivity contribution in [3.8, 4) is 11.1 Å². The fraction of sp³-hybridized carbons (Fsp3) is 0.351. The maximum absolute atomic E-state index is 2.99. The van der Waals surface area contributed by atoms with E-state index in [1.807, 2.05) is 0 Å². The van der Waals surface area contributed by atoms with E-state index in [0.29, 0.717) is 0 Å². The van der Waals surface area contributed by atoms with Crippen molar-refractivity contribution >= 4 is 62.9 Å². The molecule has 4 unspecified atom stereocenters. The maximum Gasteiger partial charge on any atom is 0.252 e. The van der Waals surface area contributed by atoms with Gasteiger partial charge in [0.2, 0.25) is 0 Å². The van der Waals surface area contributed by atoms with E-state index in [9.17, 15) is 0 Å². The number of hydrogen-bond acceptors (Lipinski definition) is 3. The van der Waals surface area contributed by atoms with Crippen LogP contribution >= 0.6 is 0 Å². The van der Waals surface area contributed by atoms with Gasteiger partial charge in [0, 0.05) is 50.5 Å². The molecule has 8 aromatic carbocycles. The van der Waals surface area contributed by atoms with Gasteiger partial charge >= 0.3 is 0 Å². The molecule has 6 aliphatic rings. The Morgan fingerprint density at radius 2 is 0.897 bits per heavy atom. The van der Waals surface area contributed by atoms with Crippen LogP contribution in [0.3, 0.4) is 0 Å². The molecule has 0 amide bonds. The summed E-state index contributed by atoms with van der Waals surface area (Å²) in [4.78, 5) is 8.61. The highest BCUT2D eigenvalue weighted by molar-refractivity contribution is 7.00. The van der Waals surface area contributed by atoms with Gasteiger partial charge in [0.05, 0.1) is 16.8 Å². The summed E-state index contributed by atoms with van der Waals surface area (Å²) < 4.78 is 0. The molecule has 78 heavy (non-hydrogen) atoms. The molecule has 0 radical (unpaired) electrons. The zero-order valence-electron chi connectivity index (χ0n) is 48.3. The van der Waals surface area contributed by atoms with Gasteiger partial charge in [-0.15, -0.1) is 0 Å². The van der Waals surface area contributed by atoms with Gasteiger partial charge in [0.1, 0.15) is 0 Å². The molecule has 3 nitrogen and oxygen atoms in total. The first-order valence-corrected chi connectivity index (χ1v) is 29.6. The monoisotopic (exact) mass is 1020 g/mol. The summed E-state index contributed by atoms with van der Waals surface area (Å²) in [5, 5.41) is 0. The molecule has 4 aliphatic heterocycles. The van der Waals surface area contributed by atoms with Crippen LogP contribution in [-0.4, -0.2) is 17.8 Å². The van der Waals surface area contributed by atoms with Crippen molar-refractivity contribution < 1.29 is 0 Å². The van der Waals surface area contributed by atoms with E-state index >= 15 is 0 Å². The molecule has 2 aliphatic carbocycles. The van der Waals surface area contributed by atoms with E-state index in [2.05, 4.69) is 267 Å². The largest absolute Gasteiger partial charge is 0.335 e. The number of hydrogen-bond donors (Lipinski definition) is 0. The molecule has 0 spiro atoms. The Bertz CT molecular complexity index is 3710. The molecule has 392 valence electrons. The Hall–Kier alpha value is -6.78. The van der Waals surface area contributed by atoms with Crippen LogP contribution in [0, 0.1) is 0 Å². The van der Waals surface area contributed by atoms with Gasteiger partial charge in [-0.2, -0.15) is 0 Å². The quantitative estimate of drug-likeness (QED) is 0.159. The van der Waals surface area contributed by atoms with Crippen molar-refractivity contribution in [2.45, 2.75) is 166 Å². The Kier molecular flexibility index (Phi) is 10.7. The first kappa shape index (κ1) is 49.5. The van der Waals surface area contributed by atoms with E-state index in [1.165, 1.54) is 132 Å². The second-order valence-corrected chi connectivity index (χ2v) is 27.9. The standard InChI is InChI=1S/C74H78BN3/c1-68(2,3)52-35-37-61(56(43-52)49-27-15-12-16-28-49)76-63-38-36-53(69(4,5)6)45-59(63)75-60-46-54(70(7,8)9)44-58-67(60)78(72(11)40-24-26-42-74(58,72)51-31-19-14-20-32-51)65-48-55(47-64(76)66(65)75)77-62-34-22-21-33-57(62)73(50-29-17-13-18-30-50)41-25-23-39-71(73,77)10/h12-22,27-38,43-48H,23-26,39-42H2,1-11H3. The first-order chi connectivity index (χ1) is 37.3. The normalized spacial score (nSPS) is 23.8. The number of benzene rings is 8. The maximum atomic E-state index is 2.99. The molecule has 4 atom stereocenters. The summed E-state index contributed by atoms with van der Waals surface area (Å²) >= 11 is 0.